The molecular formula is C14H18N2O3. The summed E-state index contributed by atoms with van der Waals surface area (Å²) < 4.78 is 0. The van der Waals surface area contributed by atoms with E-state index in [0.717, 1.165) is 0 Å². The number of benzene rings is 1. The first-order valence-corrected chi connectivity index (χ1v) is 6.38. The summed E-state index contributed by atoms with van der Waals surface area (Å²) in [5.41, 5.74) is 7.07. The van der Waals surface area contributed by atoms with Crippen LogP contribution >= 0.6 is 0 Å². The number of fused-ring (bicyclic) bond motifs is 1. The number of para-hydroxylation sites is 1. The van der Waals surface area contributed by atoms with Gasteiger partial charge in [-0.25, -0.2) is 0 Å². The van der Waals surface area contributed by atoms with Gasteiger partial charge in [0.2, 0.25) is 5.91 Å². The zero-order valence-corrected chi connectivity index (χ0v) is 10.9. The molecule has 0 radical (unpaired) electrons. The first kappa shape index (κ1) is 13.5. The molecule has 3 N–H and O–H groups in total. The predicted octanol–water partition coefficient (Wildman–Crippen LogP) is 1.33. The summed E-state index contributed by atoms with van der Waals surface area (Å²) in [6, 6.07) is 7.14. The summed E-state index contributed by atoms with van der Waals surface area (Å²) in [7, 11) is 0. The van der Waals surface area contributed by atoms with Gasteiger partial charge in [-0.2, -0.15) is 0 Å². The topological polar surface area (TPSA) is 83.6 Å². The number of carbonyl (C=O) groups is 2. The molecule has 0 saturated carbocycles. The number of rotatable bonds is 4. The molecule has 2 unspecified atom stereocenters. The minimum atomic E-state index is -0.894. The van der Waals surface area contributed by atoms with Crippen LogP contribution in [0.3, 0.4) is 0 Å². The van der Waals surface area contributed by atoms with Crippen LogP contribution < -0.4 is 10.6 Å². The number of aliphatic carboxylic acids is 1. The lowest BCUT2D eigenvalue weighted by Crippen LogP contribution is -2.32. The highest BCUT2D eigenvalue weighted by Gasteiger charge is 2.35. The number of anilines is 1. The van der Waals surface area contributed by atoms with E-state index >= 15 is 0 Å². The Morgan fingerprint density at radius 2 is 2.16 bits per heavy atom. The highest BCUT2D eigenvalue weighted by atomic mass is 16.4. The van der Waals surface area contributed by atoms with E-state index in [0.29, 0.717) is 24.1 Å². The number of hydrogen-bond acceptors (Lipinski definition) is 3. The fourth-order valence-electron chi connectivity index (χ4n) is 2.34. The van der Waals surface area contributed by atoms with Crippen LogP contribution in [-0.2, 0) is 9.59 Å². The average molecular weight is 262 g/mol. The standard InChI is InChI=1S/C14H18N2O3/c1-9(15)6-7-13(17)16-8-11(14(18)19)10-4-2-3-5-12(10)16/h2-5,9,11H,6-8,15H2,1H3,(H,18,19). The van der Waals surface area contributed by atoms with E-state index in [4.69, 9.17) is 5.73 Å². The Balaban J connectivity index is 2.20. The maximum atomic E-state index is 12.2. The zero-order valence-electron chi connectivity index (χ0n) is 10.9. The molecule has 0 bridgehead atoms. The van der Waals surface area contributed by atoms with E-state index in [1.807, 2.05) is 13.0 Å². The van der Waals surface area contributed by atoms with Crippen molar-refractivity contribution in [1.29, 1.82) is 0 Å². The molecule has 1 aliphatic heterocycles. The molecule has 2 atom stereocenters. The van der Waals surface area contributed by atoms with Crippen LogP contribution in [-0.4, -0.2) is 29.6 Å². The van der Waals surface area contributed by atoms with Gasteiger partial charge >= 0.3 is 5.97 Å². The fraction of sp³-hybridized carbons (Fsp3) is 0.429. The molecule has 2 rings (SSSR count). The molecule has 0 saturated heterocycles. The van der Waals surface area contributed by atoms with Crippen molar-refractivity contribution in [2.24, 2.45) is 5.73 Å². The molecule has 1 heterocycles. The predicted molar refractivity (Wildman–Crippen MR) is 72.1 cm³/mol. The number of nitrogens with two attached hydrogens (primary N) is 1. The molecule has 1 aliphatic rings. The molecule has 1 aromatic carbocycles. The number of carboxylic acid groups (broad SMARTS) is 1. The van der Waals surface area contributed by atoms with Gasteiger partial charge in [0.1, 0.15) is 5.92 Å². The van der Waals surface area contributed by atoms with E-state index < -0.39 is 11.9 Å². The van der Waals surface area contributed by atoms with Gasteiger partial charge in [-0.05, 0) is 25.0 Å². The lowest BCUT2D eigenvalue weighted by molar-refractivity contribution is -0.138. The first-order valence-electron chi connectivity index (χ1n) is 6.38. The van der Waals surface area contributed by atoms with Gasteiger partial charge in [-0.1, -0.05) is 18.2 Å². The van der Waals surface area contributed by atoms with Crippen molar-refractivity contribution >= 4 is 17.6 Å². The monoisotopic (exact) mass is 262 g/mol. The molecule has 1 amide bonds. The summed E-state index contributed by atoms with van der Waals surface area (Å²) >= 11 is 0. The maximum Gasteiger partial charge on any atom is 0.312 e. The van der Waals surface area contributed by atoms with Crippen LogP contribution in [0.5, 0.6) is 0 Å². The largest absolute Gasteiger partial charge is 0.481 e. The quantitative estimate of drug-likeness (QED) is 0.857. The Labute approximate surface area is 112 Å². The van der Waals surface area contributed by atoms with Crippen molar-refractivity contribution in [3.05, 3.63) is 29.8 Å². The second kappa shape index (κ2) is 5.40. The van der Waals surface area contributed by atoms with Crippen molar-refractivity contribution in [3.63, 3.8) is 0 Å². The SMILES string of the molecule is CC(N)CCC(=O)N1CC(C(=O)O)c2ccccc21. The number of hydrogen-bond donors (Lipinski definition) is 2. The molecule has 5 heteroatoms. The number of carbonyl (C=O) groups excluding carboxylic acids is 1. The highest BCUT2D eigenvalue weighted by molar-refractivity contribution is 5.98. The van der Waals surface area contributed by atoms with Crippen molar-refractivity contribution in [3.8, 4) is 0 Å². The average Bonchev–Trinajstić information content (AvgIpc) is 2.75. The third-order valence-electron chi connectivity index (χ3n) is 3.38. The lowest BCUT2D eigenvalue weighted by Gasteiger charge is -2.18. The van der Waals surface area contributed by atoms with Gasteiger partial charge in [-0.15, -0.1) is 0 Å². The molecule has 0 fully saturated rings. The van der Waals surface area contributed by atoms with Gasteiger partial charge in [0.25, 0.3) is 0 Å². The molecule has 5 nitrogen and oxygen atoms in total. The third kappa shape index (κ3) is 2.76. The fourth-order valence-corrected chi connectivity index (χ4v) is 2.34. The molecular weight excluding hydrogens is 244 g/mol. The number of amides is 1. The van der Waals surface area contributed by atoms with Crippen LogP contribution in [0.15, 0.2) is 24.3 Å². The van der Waals surface area contributed by atoms with E-state index in [1.165, 1.54) is 0 Å². The second-order valence-electron chi connectivity index (χ2n) is 4.97. The summed E-state index contributed by atoms with van der Waals surface area (Å²) in [4.78, 5) is 25.0. The minimum Gasteiger partial charge on any atom is -0.481 e. The molecule has 19 heavy (non-hydrogen) atoms. The van der Waals surface area contributed by atoms with Gasteiger partial charge in [0.05, 0.1) is 0 Å². The van der Waals surface area contributed by atoms with Crippen LogP contribution in [0.2, 0.25) is 0 Å². The van der Waals surface area contributed by atoms with Crippen molar-refractivity contribution < 1.29 is 14.7 Å². The van der Waals surface area contributed by atoms with Gasteiger partial charge in [0.15, 0.2) is 0 Å². The maximum absolute atomic E-state index is 12.2. The van der Waals surface area contributed by atoms with Gasteiger partial charge in [-0.3, -0.25) is 9.59 Å². The Kier molecular flexibility index (Phi) is 3.85. The van der Waals surface area contributed by atoms with Crippen LogP contribution in [0.1, 0.15) is 31.2 Å². The zero-order chi connectivity index (χ0) is 14.0. The van der Waals surface area contributed by atoms with Crippen molar-refractivity contribution in [2.45, 2.75) is 31.7 Å². The van der Waals surface area contributed by atoms with E-state index in [9.17, 15) is 14.7 Å². The van der Waals surface area contributed by atoms with E-state index in [1.54, 1.807) is 23.1 Å². The van der Waals surface area contributed by atoms with E-state index in [-0.39, 0.29) is 18.5 Å². The van der Waals surface area contributed by atoms with Gasteiger partial charge < -0.3 is 15.7 Å². The van der Waals surface area contributed by atoms with Crippen LogP contribution in [0.4, 0.5) is 5.69 Å². The van der Waals surface area contributed by atoms with Gasteiger partial charge in [0, 0.05) is 24.7 Å². The van der Waals surface area contributed by atoms with Crippen LogP contribution in [0.25, 0.3) is 0 Å². The normalized spacial score (nSPS) is 19.1. The number of nitrogens with zero attached hydrogens (tertiary/aromatic N) is 1. The minimum absolute atomic E-state index is 0.0305. The summed E-state index contributed by atoms with van der Waals surface area (Å²) in [5.74, 6) is -1.58. The Bertz CT molecular complexity index is 499. The Morgan fingerprint density at radius 3 is 2.79 bits per heavy atom. The summed E-state index contributed by atoms with van der Waals surface area (Å²) in [6.07, 6.45) is 0.952. The van der Waals surface area contributed by atoms with E-state index in [2.05, 4.69) is 0 Å². The Hall–Kier alpha value is -1.88. The molecule has 102 valence electrons. The highest BCUT2D eigenvalue weighted by Crippen LogP contribution is 2.36. The smallest absolute Gasteiger partial charge is 0.312 e. The Morgan fingerprint density at radius 1 is 1.47 bits per heavy atom. The second-order valence-corrected chi connectivity index (χ2v) is 4.97. The molecule has 0 aromatic heterocycles. The first-order chi connectivity index (χ1) is 9.00. The lowest BCUT2D eigenvalue weighted by atomic mass is 10.0. The molecule has 0 spiro atoms. The van der Waals surface area contributed by atoms with Crippen molar-refractivity contribution in [2.75, 3.05) is 11.4 Å². The molecule has 0 aliphatic carbocycles. The summed E-state index contributed by atoms with van der Waals surface area (Å²) in [5, 5.41) is 9.22. The number of carboxylic acids is 1. The summed E-state index contributed by atoms with van der Waals surface area (Å²) in [6.45, 7) is 2.07. The van der Waals surface area contributed by atoms with Crippen LogP contribution in [0, 0.1) is 0 Å². The molecule has 1 aromatic rings. The van der Waals surface area contributed by atoms with Crippen molar-refractivity contribution in [1.82, 2.24) is 0 Å². The third-order valence-corrected chi connectivity index (χ3v) is 3.38.